The molecule has 4 nitrogen and oxygen atoms in total. The first-order valence-electron chi connectivity index (χ1n) is 5.23. The lowest BCUT2D eigenvalue weighted by Gasteiger charge is -2.35. The van der Waals surface area contributed by atoms with E-state index >= 15 is 0 Å². The van der Waals surface area contributed by atoms with E-state index in [4.69, 9.17) is 5.73 Å². The summed E-state index contributed by atoms with van der Waals surface area (Å²) in [6.45, 7) is 3.80. The SMILES string of the molecule is CC(C(=O)N(C)C)N1CCCC(N)C1. The normalized spacial score (nSPS) is 25.9. The zero-order valence-electron chi connectivity index (χ0n) is 9.36. The molecule has 2 N–H and O–H groups in total. The van der Waals surface area contributed by atoms with Gasteiger partial charge in [-0.3, -0.25) is 9.69 Å². The molecule has 82 valence electrons. The molecule has 1 aliphatic rings. The average molecular weight is 199 g/mol. The molecule has 0 aromatic heterocycles. The number of likely N-dealkylation sites (N-methyl/N-ethyl adjacent to an activating group) is 1. The van der Waals surface area contributed by atoms with Crippen LogP contribution < -0.4 is 5.73 Å². The van der Waals surface area contributed by atoms with Crippen LogP contribution in [0.1, 0.15) is 19.8 Å². The molecule has 1 saturated heterocycles. The van der Waals surface area contributed by atoms with Crippen molar-refractivity contribution >= 4 is 5.91 Å². The summed E-state index contributed by atoms with van der Waals surface area (Å²) in [7, 11) is 3.59. The van der Waals surface area contributed by atoms with Crippen molar-refractivity contribution in [2.75, 3.05) is 27.2 Å². The molecule has 0 saturated carbocycles. The predicted octanol–water partition coefficient (Wildman–Crippen LogP) is -0.114. The summed E-state index contributed by atoms with van der Waals surface area (Å²) in [5, 5.41) is 0. The molecule has 2 atom stereocenters. The van der Waals surface area contributed by atoms with Crippen molar-refractivity contribution < 1.29 is 4.79 Å². The minimum Gasteiger partial charge on any atom is -0.347 e. The summed E-state index contributed by atoms with van der Waals surface area (Å²) >= 11 is 0. The standard InChI is InChI=1S/C10H21N3O/c1-8(10(14)12(2)3)13-6-4-5-9(11)7-13/h8-9H,4-7,11H2,1-3H3. The topological polar surface area (TPSA) is 49.6 Å². The van der Waals surface area contributed by atoms with Crippen LogP contribution in [0.5, 0.6) is 0 Å². The van der Waals surface area contributed by atoms with Crippen LogP contribution in [0.15, 0.2) is 0 Å². The summed E-state index contributed by atoms with van der Waals surface area (Å²) in [6, 6.07) is 0.206. The number of carbonyl (C=O) groups is 1. The summed E-state index contributed by atoms with van der Waals surface area (Å²) in [5.41, 5.74) is 5.87. The zero-order chi connectivity index (χ0) is 10.7. The number of piperidine rings is 1. The van der Waals surface area contributed by atoms with E-state index in [2.05, 4.69) is 4.90 Å². The predicted molar refractivity (Wildman–Crippen MR) is 56.9 cm³/mol. The van der Waals surface area contributed by atoms with E-state index in [1.165, 1.54) is 0 Å². The quantitative estimate of drug-likeness (QED) is 0.675. The van der Waals surface area contributed by atoms with E-state index in [-0.39, 0.29) is 18.0 Å². The molecule has 0 radical (unpaired) electrons. The minimum absolute atomic E-state index is 0.0312. The van der Waals surface area contributed by atoms with Crippen molar-refractivity contribution in [3.8, 4) is 0 Å². The van der Waals surface area contributed by atoms with Crippen molar-refractivity contribution in [1.82, 2.24) is 9.80 Å². The number of likely N-dealkylation sites (tertiary alicyclic amines) is 1. The molecule has 2 unspecified atom stereocenters. The highest BCUT2D eigenvalue weighted by molar-refractivity contribution is 5.80. The van der Waals surface area contributed by atoms with Crippen molar-refractivity contribution in [1.29, 1.82) is 0 Å². The zero-order valence-corrected chi connectivity index (χ0v) is 9.36. The van der Waals surface area contributed by atoms with Gasteiger partial charge in [0.2, 0.25) is 5.91 Å². The molecular weight excluding hydrogens is 178 g/mol. The van der Waals surface area contributed by atoms with Crippen molar-refractivity contribution in [3.05, 3.63) is 0 Å². The number of carbonyl (C=O) groups excluding carboxylic acids is 1. The first kappa shape index (κ1) is 11.5. The Labute approximate surface area is 86.0 Å². The molecule has 0 bridgehead atoms. The van der Waals surface area contributed by atoms with Gasteiger partial charge in [-0.25, -0.2) is 0 Å². The highest BCUT2D eigenvalue weighted by Gasteiger charge is 2.26. The largest absolute Gasteiger partial charge is 0.347 e. The lowest BCUT2D eigenvalue weighted by atomic mass is 10.0. The second kappa shape index (κ2) is 4.75. The van der Waals surface area contributed by atoms with Gasteiger partial charge in [0.05, 0.1) is 6.04 Å². The number of nitrogens with two attached hydrogens (primary N) is 1. The van der Waals surface area contributed by atoms with Gasteiger partial charge in [-0.2, -0.15) is 0 Å². The van der Waals surface area contributed by atoms with Crippen LogP contribution in [0, 0.1) is 0 Å². The van der Waals surface area contributed by atoms with Crippen LogP contribution in [-0.2, 0) is 4.79 Å². The van der Waals surface area contributed by atoms with Crippen LogP contribution in [0.4, 0.5) is 0 Å². The Morgan fingerprint density at radius 2 is 2.21 bits per heavy atom. The average Bonchev–Trinajstić information content (AvgIpc) is 2.15. The van der Waals surface area contributed by atoms with Crippen LogP contribution >= 0.6 is 0 Å². The monoisotopic (exact) mass is 199 g/mol. The molecule has 1 rings (SSSR count). The molecular formula is C10H21N3O. The van der Waals surface area contributed by atoms with E-state index < -0.39 is 0 Å². The lowest BCUT2D eigenvalue weighted by Crippen LogP contribution is -2.51. The van der Waals surface area contributed by atoms with Gasteiger partial charge < -0.3 is 10.6 Å². The molecule has 0 aromatic rings. The maximum atomic E-state index is 11.7. The van der Waals surface area contributed by atoms with E-state index in [1.54, 1.807) is 19.0 Å². The van der Waals surface area contributed by atoms with Gasteiger partial charge >= 0.3 is 0 Å². The molecule has 14 heavy (non-hydrogen) atoms. The van der Waals surface area contributed by atoms with Crippen LogP contribution in [0.25, 0.3) is 0 Å². The van der Waals surface area contributed by atoms with Gasteiger partial charge in [0.25, 0.3) is 0 Å². The molecule has 0 aliphatic carbocycles. The fraction of sp³-hybridized carbons (Fsp3) is 0.900. The third kappa shape index (κ3) is 2.69. The van der Waals surface area contributed by atoms with E-state index in [1.807, 2.05) is 6.92 Å². The van der Waals surface area contributed by atoms with Gasteiger partial charge in [-0.05, 0) is 26.3 Å². The highest BCUT2D eigenvalue weighted by atomic mass is 16.2. The van der Waals surface area contributed by atoms with Gasteiger partial charge in [0.15, 0.2) is 0 Å². The maximum absolute atomic E-state index is 11.7. The smallest absolute Gasteiger partial charge is 0.239 e. The fourth-order valence-electron chi connectivity index (χ4n) is 1.92. The van der Waals surface area contributed by atoms with Gasteiger partial charge in [-0.15, -0.1) is 0 Å². The number of nitrogens with zero attached hydrogens (tertiary/aromatic N) is 2. The summed E-state index contributed by atoms with van der Waals surface area (Å²) in [5.74, 6) is 0.166. The second-order valence-electron chi connectivity index (χ2n) is 4.31. The number of rotatable bonds is 2. The number of hydrogen-bond acceptors (Lipinski definition) is 3. The van der Waals surface area contributed by atoms with Crippen molar-refractivity contribution in [2.45, 2.75) is 31.8 Å². The fourth-order valence-corrected chi connectivity index (χ4v) is 1.92. The Kier molecular flexibility index (Phi) is 3.89. The Morgan fingerprint density at radius 1 is 1.57 bits per heavy atom. The Hall–Kier alpha value is -0.610. The van der Waals surface area contributed by atoms with Crippen LogP contribution in [0.3, 0.4) is 0 Å². The summed E-state index contributed by atoms with van der Waals surface area (Å²) in [6.07, 6.45) is 2.19. The third-order valence-electron chi connectivity index (χ3n) is 2.84. The second-order valence-corrected chi connectivity index (χ2v) is 4.31. The summed E-state index contributed by atoms with van der Waals surface area (Å²) in [4.78, 5) is 15.5. The number of hydrogen-bond donors (Lipinski definition) is 1. The molecule has 1 heterocycles. The lowest BCUT2D eigenvalue weighted by molar-refractivity contribution is -0.134. The molecule has 4 heteroatoms. The van der Waals surface area contributed by atoms with Gasteiger partial charge in [-0.1, -0.05) is 0 Å². The molecule has 0 spiro atoms. The molecule has 1 fully saturated rings. The van der Waals surface area contributed by atoms with E-state index in [0.29, 0.717) is 0 Å². The van der Waals surface area contributed by atoms with E-state index in [9.17, 15) is 4.79 Å². The minimum atomic E-state index is -0.0312. The van der Waals surface area contributed by atoms with Crippen molar-refractivity contribution in [3.63, 3.8) is 0 Å². The maximum Gasteiger partial charge on any atom is 0.239 e. The third-order valence-corrected chi connectivity index (χ3v) is 2.84. The number of amides is 1. The molecule has 0 aromatic carbocycles. The van der Waals surface area contributed by atoms with Crippen LogP contribution in [0.2, 0.25) is 0 Å². The Bertz CT molecular complexity index is 206. The highest BCUT2D eigenvalue weighted by Crippen LogP contribution is 2.12. The summed E-state index contributed by atoms with van der Waals surface area (Å²) < 4.78 is 0. The Morgan fingerprint density at radius 3 is 2.71 bits per heavy atom. The van der Waals surface area contributed by atoms with E-state index in [0.717, 1.165) is 25.9 Å². The van der Waals surface area contributed by atoms with Crippen molar-refractivity contribution in [2.24, 2.45) is 5.73 Å². The molecule has 1 amide bonds. The van der Waals surface area contributed by atoms with Gasteiger partial charge in [0.1, 0.15) is 0 Å². The van der Waals surface area contributed by atoms with Crippen LogP contribution in [-0.4, -0.2) is 55.0 Å². The van der Waals surface area contributed by atoms with Gasteiger partial charge in [0, 0.05) is 26.7 Å². The first-order valence-corrected chi connectivity index (χ1v) is 5.23. The first-order chi connectivity index (χ1) is 6.52. The Balaban J connectivity index is 2.51. The molecule has 1 aliphatic heterocycles.